The lowest BCUT2D eigenvalue weighted by Gasteiger charge is -2.10. The molecule has 0 spiro atoms. The monoisotopic (exact) mass is 379 g/mol. The summed E-state index contributed by atoms with van der Waals surface area (Å²) < 4.78 is 27.7. The van der Waals surface area contributed by atoms with Crippen molar-refractivity contribution in [3.63, 3.8) is 0 Å². The van der Waals surface area contributed by atoms with Crippen LogP contribution < -0.4 is 4.72 Å². The van der Waals surface area contributed by atoms with E-state index in [9.17, 15) is 8.42 Å². The maximum Gasteiger partial charge on any atom is 0.265 e. The van der Waals surface area contributed by atoms with Crippen molar-refractivity contribution in [3.05, 3.63) is 39.1 Å². The van der Waals surface area contributed by atoms with Gasteiger partial charge in [0.25, 0.3) is 10.0 Å². The molecule has 2 aromatic rings. The molecule has 0 aliphatic carbocycles. The van der Waals surface area contributed by atoms with E-state index >= 15 is 0 Å². The van der Waals surface area contributed by atoms with Crippen LogP contribution in [-0.4, -0.2) is 23.7 Å². The molecule has 0 saturated heterocycles. The van der Waals surface area contributed by atoms with E-state index in [1.165, 1.54) is 6.07 Å². The van der Waals surface area contributed by atoms with Crippen molar-refractivity contribution in [1.82, 2.24) is 10.2 Å². The number of aromatic amines is 1. The van der Waals surface area contributed by atoms with Crippen molar-refractivity contribution in [2.45, 2.75) is 18.4 Å². The molecule has 9 heteroatoms. The van der Waals surface area contributed by atoms with E-state index in [2.05, 4.69) is 30.8 Å². The van der Waals surface area contributed by atoms with Gasteiger partial charge in [-0.25, -0.2) is 8.42 Å². The highest BCUT2D eigenvalue weighted by atomic mass is 79.9. The lowest BCUT2D eigenvalue weighted by Crippen LogP contribution is -2.15. The summed E-state index contributed by atoms with van der Waals surface area (Å²) in [6, 6.07) is 4.69. The summed E-state index contributed by atoms with van der Waals surface area (Å²) in [5.41, 5.74) is 0.769. The van der Waals surface area contributed by atoms with Gasteiger partial charge in [0.2, 0.25) is 0 Å². The summed E-state index contributed by atoms with van der Waals surface area (Å²) in [4.78, 5) is -0.0538. The lowest BCUT2D eigenvalue weighted by atomic mass is 10.3. The Balaban J connectivity index is 2.43. The number of nitrogens with one attached hydrogen (secondary N) is 2. The first-order valence-electron chi connectivity index (χ1n) is 5.47. The molecule has 1 aromatic heterocycles. The van der Waals surface area contributed by atoms with Gasteiger partial charge < -0.3 is 5.11 Å². The molecule has 108 valence electrons. The molecule has 0 amide bonds. The zero-order valence-electron chi connectivity index (χ0n) is 10.3. The number of halogens is 2. The number of hydrogen-bond donors (Lipinski definition) is 3. The number of aromatic nitrogens is 2. The smallest absolute Gasteiger partial charge is 0.265 e. The van der Waals surface area contributed by atoms with Crippen LogP contribution >= 0.6 is 27.5 Å². The topological polar surface area (TPSA) is 95.1 Å². The minimum Gasteiger partial charge on any atom is -0.390 e. The average molecular weight is 381 g/mol. The van der Waals surface area contributed by atoms with Crippen LogP contribution in [0.15, 0.2) is 27.6 Å². The zero-order chi connectivity index (χ0) is 14.9. The van der Waals surface area contributed by atoms with Gasteiger partial charge in [0.15, 0.2) is 0 Å². The van der Waals surface area contributed by atoms with Gasteiger partial charge in [-0.3, -0.25) is 9.82 Å². The van der Waals surface area contributed by atoms with Crippen LogP contribution in [0.2, 0.25) is 5.02 Å². The number of aliphatic hydroxyl groups excluding tert-OH is 1. The normalized spacial score (nSPS) is 11.6. The zero-order valence-corrected chi connectivity index (χ0v) is 13.5. The molecule has 2 rings (SSSR count). The predicted molar refractivity (Wildman–Crippen MR) is 79.2 cm³/mol. The first-order chi connectivity index (χ1) is 9.35. The van der Waals surface area contributed by atoms with Crippen LogP contribution in [0.4, 0.5) is 5.69 Å². The second-order valence-corrected chi connectivity index (χ2v) is 6.92. The molecular formula is C11H11BrClN3O3S. The summed E-state index contributed by atoms with van der Waals surface area (Å²) in [6.07, 6.45) is 0. The molecule has 0 aliphatic heterocycles. The summed E-state index contributed by atoms with van der Waals surface area (Å²) in [6.45, 7) is 1.10. The summed E-state index contributed by atoms with van der Waals surface area (Å²) in [5, 5.41) is 15.9. The standard InChI is InChI=1S/C11H11BrClN3O3S/c1-6-11(10(5-17)15-14-6)20(18,19)16-9-3-2-7(13)4-8(9)12/h2-4,16-17H,5H2,1H3,(H,14,15). The van der Waals surface area contributed by atoms with Crippen LogP contribution in [-0.2, 0) is 16.6 Å². The van der Waals surface area contributed by atoms with E-state index in [1.807, 2.05) is 0 Å². The van der Waals surface area contributed by atoms with Crippen LogP contribution in [0.25, 0.3) is 0 Å². The van der Waals surface area contributed by atoms with Crippen molar-refractivity contribution >= 4 is 43.2 Å². The Hall–Kier alpha value is -1.09. The van der Waals surface area contributed by atoms with E-state index in [4.69, 9.17) is 16.7 Å². The largest absolute Gasteiger partial charge is 0.390 e. The highest BCUT2D eigenvalue weighted by Gasteiger charge is 2.24. The molecule has 0 aliphatic rings. The van der Waals surface area contributed by atoms with E-state index in [0.717, 1.165) is 0 Å². The third kappa shape index (κ3) is 2.98. The Morgan fingerprint density at radius 3 is 2.80 bits per heavy atom. The molecule has 0 unspecified atom stereocenters. The Kier molecular flexibility index (Phi) is 4.38. The molecule has 3 N–H and O–H groups in total. The predicted octanol–water partition coefficient (Wildman–Crippen LogP) is 2.43. The van der Waals surface area contributed by atoms with Gasteiger partial charge in [-0.1, -0.05) is 11.6 Å². The third-order valence-electron chi connectivity index (χ3n) is 2.56. The Morgan fingerprint density at radius 1 is 1.50 bits per heavy atom. The molecule has 20 heavy (non-hydrogen) atoms. The number of aryl methyl sites for hydroxylation is 1. The number of benzene rings is 1. The van der Waals surface area contributed by atoms with Gasteiger partial charge in [0.05, 0.1) is 18.0 Å². The van der Waals surface area contributed by atoms with Gasteiger partial charge in [-0.05, 0) is 41.1 Å². The second kappa shape index (κ2) is 5.72. The molecule has 0 radical (unpaired) electrons. The summed E-state index contributed by atoms with van der Waals surface area (Å²) in [5.74, 6) is 0. The van der Waals surface area contributed by atoms with E-state index in [0.29, 0.717) is 20.9 Å². The molecule has 0 saturated carbocycles. The number of nitrogens with zero attached hydrogens (tertiary/aromatic N) is 1. The van der Waals surface area contributed by atoms with Crippen LogP contribution in [0.1, 0.15) is 11.4 Å². The number of aliphatic hydroxyl groups is 1. The maximum atomic E-state index is 12.4. The van der Waals surface area contributed by atoms with Crippen molar-refractivity contribution in [2.75, 3.05) is 4.72 Å². The Bertz CT molecular complexity index is 745. The Morgan fingerprint density at radius 2 is 2.20 bits per heavy atom. The van der Waals surface area contributed by atoms with Gasteiger partial charge in [-0.15, -0.1) is 0 Å². The lowest BCUT2D eigenvalue weighted by molar-refractivity contribution is 0.273. The van der Waals surface area contributed by atoms with Gasteiger partial charge >= 0.3 is 0 Å². The van der Waals surface area contributed by atoms with E-state index < -0.39 is 16.6 Å². The second-order valence-electron chi connectivity index (χ2n) is 4.01. The Labute approximate surface area is 129 Å². The van der Waals surface area contributed by atoms with Crippen molar-refractivity contribution in [1.29, 1.82) is 0 Å². The number of sulfonamides is 1. The highest BCUT2D eigenvalue weighted by molar-refractivity contribution is 9.10. The molecule has 0 atom stereocenters. The average Bonchev–Trinajstić information content (AvgIpc) is 2.75. The molecule has 6 nitrogen and oxygen atoms in total. The number of anilines is 1. The molecule has 0 bridgehead atoms. The first-order valence-corrected chi connectivity index (χ1v) is 8.13. The minimum atomic E-state index is -3.86. The summed E-state index contributed by atoms with van der Waals surface area (Å²) >= 11 is 9.04. The molecule has 1 heterocycles. The fraction of sp³-hybridized carbons (Fsp3) is 0.182. The molecular weight excluding hydrogens is 370 g/mol. The fourth-order valence-electron chi connectivity index (χ4n) is 1.70. The van der Waals surface area contributed by atoms with Crippen LogP contribution in [0.3, 0.4) is 0 Å². The quantitative estimate of drug-likeness (QED) is 0.759. The van der Waals surface area contributed by atoms with Crippen LogP contribution in [0.5, 0.6) is 0 Å². The summed E-state index contributed by atoms with van der Waals surface area (Å²) in [7, 11) is -3.86. The SMILES string of the molecule is Cc1[nH]nc(CO)c1S(=O)(=O)Nc1ccc(Cl)cc1Br. The number of rotatable bonds is 4. The highest BCUT2D eigenvalue weighted by Crippen LogP contribution is 2.29. The van der Waals surface area contributed by atoms with E-state index in [1.54, 1.807) is 19.1 Å². The van der Waals surface area contributed by atoms with Crippen molar-refractivity contribution in [2.24, 2.45) is 0 Å². The minimum absolute atomic E-state index is 0.0538. The van der Waals surface area contributed by atoms with Gasteiger partial charge in [0.1, 0.15) is 10.6 Å². The fourth-order valence-corrected chi connectivity index (χ4v) is 4.05. The first kappa shape index (κ1) is 15.3. The van der Waals surface area contributed by atoms with Gasteiger partial charge in [0, 0.05) is 9.50 Å². The number of H-pyrrole nitrogens is 1. The van der Waals surface area contributed by atoms with Crippen molar-refractivity contribution in [3.8, 4) is 0 Å². The molecule has 1 aromatic carbocycles. The van der Waals surface area contributed by atoms with E-state index in [-0.39, 0.29) is 10.6 Å². The maximum absolute atomic E-state index is 12.4. The van der Waals surface area contributed by atoms with Crippen molar-refractivity contribution < 1.29 is 13.5 Å². The number of hydrogen-bond acceptors (Lipinski definition) is 4. The third-order valence-corrected chi connectivity index (χ3v) is 5.01. The van der Waals surface area contributed by atoms with Crippen LogP contribution in [0, 0.1) is 6.92 Å². The molecule has 0 fully saturated rings. The van der Waals surface area contributed by atoms with Gasteiger partial charge in [-0.2, -0.15) is 5.10 Å².